The van der Waals surface area contributed by atoms with Gasteiger partial charge in [0.05, 0.1) is 54.5 Å². The predicted molar refractivity (Wildman–Crippen MR) is 84.2 cm³/mol. The molecule has 0 aliphatic rings. The summed E-state index contributed by atoms with van der Waals surface area (Å²) in [5.74, 6) is 0. The Hall–Kier alpha value is -0.380. The van der Waals surface area contributed by atoms with Crippen LogP contribution in [0.3, 0.4) is 0 Å². The molecule has 0 radical (unpaired) electrons. The second-order valence-electron chi connectivity index (χ2n) is 6.83. The van der Waals surface area contributed by atoms with Crippen LogP contribution in [0.2, 0.25) is 0 Å². The fourth-order valence-electron chi connectivity index (χ4n) is 2.07. The molecule has 0 fully saturated rings. The summed E-state index contributed by atoms with van der Waals surface area (Å²) in [5.41, 5.74) is 0. The SMILES string of the molecule is C=CC[N+](C)(C)CCOCC[N+](C)(C)CCCCC. The van der Waals surface area contributed by atoms with Gasteiger partial charge in [-0.25, -0.2) is 0 Å². The van der Waals surface area contributed by atoms with Gasteiger partial charge >= 0.3 is 0 Å². The van der Waals surface area contributed by atoms with Gasteiger partial charge in [-0.15, -0.1) is 0 Å². The average molecular weight is 272 g/mol. The van der Waals surface area contributed by atoms with E-state index in [0.717, 1.165) is 41.8 Å². The summed E-state index contributed by atoms with van der Waals surface area (Å²) in [5, 5.41) is 0. The molecule has 0 amide bonds. The van der Waals surface area contributed by atoms with Gasteiger partial charge in [0, 0.05) is 0 Å². The van der Waals surface area contributed by atoms with Crippen molar-refractivity contribution >= 4 is 0 Å². The fraction of sp³-hybridized carbons (Fsp3) is 0.875. The van der Waals surface area contributed by atoms with E-state index in [1.165, 1.54) is 25.8 Å². The fourth-order valence-corrected chi connectivity index (χ4v) is 2.07. The average Bonchev–Trinajstić information content (AvgIpc) is 2.28. The van der Waals surface area contributed by atoms with Crippen molar-refractivity contribution in [1.82, 2.24) is 0 Å². The molecule has 0 aromatic carbocycles. The van der Waals surface area contributed by atoms with Crippen molar-refractivity contribution < 1.29 is 13.7 Å². The zero-order valence-corrected chi connectivity index (χ0v) is 14.0. The first-order valence-electron chi connectivity index (χ1n) is 7.65. The molecule has 0 aliphatic carbocycles. The molecular weight excluding hydrogens is 236 g/mol. The van der Waals surface area contributed by atoms with Crippen molar-refractivity contribution in [2.45, 2.75) is 26.2 Å². The van der Waals surface area contributed by atoms with Crippen LogP contribution in [0.15, 0.2) is 12.7 Å². The Kier molecular flexibility index (Phi) is 9.32. The number of ether oxygens (including phenoxy) is 1. The van der Waals surface area contributed by atoms with E-state index in [1.54, 1.807) is 0 Å². The molecule has 0 rings (SSSR count). The number of unbranched alkanes of at least 4 members (excludes halogenated alkanes) is 2. The van der Waals surface area contributed by atoms with E-state index in [4.69, 9.17) is 4.74 Å². The monoisotopic (exact) mass is 272 g/mol. The highest BCUT2D eigenvalue weighted by Gasteiger charge is 2.15. The molecule has 114 valence electrons. The van der Waals surface area contributed by atoms with Gasteiger partial charge in [0.2, 0.25) is 0 Å². The highest BCUT2D eigenvalue weighted by Crippen LogP contribution is 2.03. The van der Waals surface area contributed by atoms with Crippen LogP contribution in [-0.4, -0.2) is 76.5 Å². The van der Waals surface area contributed by atoms with Crippen molar-refractivity contribution in [3.8, 4) is 0 Å². The van der Waals surface area contributed by atoms with Gasteiger partial charge in [0.25, 0.3) is 0 Å². The number of likely N-dealkylation sites (N-methyl/N-ethyl adjacent to an activating group) is 2. The van der Waals surface area contributed by atoms with Crippen molar-refractivity contribution in [2.75, 3.05) is 67.6 Å². The third-order valence-corrected chi connectivity index (χ3v) is 3.67. The molecule has 19 heavy (non-hydrogen) atoms. The molecule has 0 N–H and O–H groups in total. The quantitative estimate of drug-likeness (QED) is 0.301. The van der Waals surface area contributed by atoms with Crippen LogP contribution in [0, 0.1) is 0 Å². The van der Waals surface area contributed by atoms with Crippen molar-refractivity contribution in [1.29, 1.82) is 0 Å². The Morgan fingerprint density at radius 2 is 1.47 bits per heavy atom. The first-order valence-corrected chi connectivity index (χ1v) is 7.65. The lowest BCUT2D eigenvalue weighted by molar-refractivity contribution is -0.892. The summed E-state index contributed by atoms with van der Waals surface area (Å²) in [6.45, 7) is 12.2. The smallest absolute Gasteiger partial charge is 0.102 e. The van der Waals surface area contributed by atoms with Crippen molar-refractivity contribution in [3.05, 3.63) is 12.7 Å². The van der Waals surface area contributed by atoms with Crippen LogP contribution >= 0.6 is 0 Å². The second-order valence-corrected chi connectivity index (χ2v) is 6.83. The summed E-state index contributed by atoms with van der Waals surface area (Å²) < 4.78 is 7.82. The van der Waals surface area contributed by atoms with E-state index >= 15 is 0 Å². The van der Waals surface area contributed by atoms with Gasteiger partial charge in [-0.2, -0.15) is 0 Å². The summed E-state index contributed by atoms with van der Waals surface area (Å²) >= 11 is 0. The normalized spacial score (nSPS) is 12.7. The van der Waals surface area contributed by atoms with Gasteiger partial charge in [0.1, 0.15) is 13.1 Å². The molecule has 0 aromatic heterocycles. The molecule has 3 heteroatoms. The second kappa shape index (κ2) is 9.51. The lowest BCUT2D eigenvalue weighted by Gasteiger charge is -2.30. The van der Waals surface area contributed by atoms with E-state index in [0.29, 0.717) is 0 Å². The lowest BCUT2D eigenvalue weighted by Crippen LogP contribution is -2.44. The molecule has 0 heterocycles. The molecule has 0 saturated carbocycles. The maximum absolute atomic E-state index is 5.79. The maximum atomic E-state index is 5.79. The minimum absolute atomic E-state index is 0.843. The molecule has 0 bridgehead atoms. The van der Waals surface area contributed by atoms with Gasteiger partial charge in [0.15, 0.2) is 0 Å². The zero-order valence-electron chi connectivity index (χ0n) is 14.0. The molecular formula is C16H36N2O+2. The predicted octanol–water partition coefficient (Wildman–Crippen LogP) is 2.53. The third kappa shape index (κ3) is 11.2. The van der Waals surface area contributed by atoms with Crippen LogP contribution in [0.1, 0.15) is 26.2 Å². The molecule has 0 saturated heterocycles. The minimum atomic E-state index is 0.843. The maximum Gasteiger partial charge on any atom is 0.102 e. The molecule has 3 nitrogen and oxygen atoms in total. The Labute approximate surface area is 121 Å². The first-order chi connectivity index (χ1) is 8.83. The standard InChI is InChI=1S/C16H36N2O/c1-7-9-10-12-18(5,6)14-16-19-15-13-17(3,4)11-8-2/h8H,2,7,9-16H2,1,3-6H3/q+2. The zero-order chi connectivity index (χ0) is 14.8. The minimum Gasteiger partial charge on any atom is -0.370 e. The number of hydrogen-bond acceptors (Lipinski definition) is 1. The highest BCUT2D eigenvalue weighted by molar-refractivity contribution is 4.64. The molecule has 0 atom stereocenters. The van der Waals surface area contributed by atoms with Gasteiger partial charge in [-0.3, -0.25) is 0 Å². The number of hydrogen-bond donors (Lipinski definition) is 0. The summed E-state index contributed by atoms with van der Waals surface area (Å²) in [4.78, 5) is 0. The molecule has 0 unspecified atom stereocenters. The third-order valence-electron chi connectivity index (χ3n) is 3.67. The number of rotatable bonds is 12. The summed E-state index contributed by atoms with van der Waals surface area (Å²) in [7, 11) is 9.04. The Morgan fingerprint density at radius 1 is 0.895 bits per heavy atom. The van der Waals surface area contributed by atoms with Crippen LogP contribution in [-0.2, 0) is 4.74 Å². The van der Waals surface area contributed by atoms with E-state index in [1.807, 2.05) is 6.08 Å². The van der Waals surface area contributed by atoms with Gasteiger partial charge < -0.3 is 13.7 Å². The first kappa shape index (κ1) is 18.6. The molecule has 0 aromatic rings. The molecule has 0 aliphatic heterocycles. The van der Waals surface area contributed by atoms with E-state index < -0.39 is 0 Å². The topological polar surface area (TPSA) is 9.23 Å². The lowest BCUT2D eigenvalue weighted by atomic mass is 10.2. The van der Waals surface area contributed by atoms with E-state index in [9.17, 15) is 0 Å². The van der Waals surface area contributed by atoms with Gasteiger partial charge in [-0.1, -0.05) is 19.9 Å². The number of nitrogens with zero attached hydrogens (tertiary/aromatic N) is 2. The van der Waals surface area contributed by atoms with Crippen LogP contribution in [0.5, 0.6) is 0 Å². The van der Waals surface area contributed by atoms with E-state index in [-0.39, 0.29) is 0 Å². The Balaban J connectivity index is 3.64. The van der Waals surface area contributed by atoms with Crippen LogP contribution in [0.4, 0.5) is 0 Å². The van der Waals surface area contributed by atoms with Crippen LogP contribution < -0.4 is 0 Å². The Bertz CT molecular complexity index is 237. The van der Waals surface area contributed by atoms with Crippen molar-refractivity contribution in [3.63, 3.8) is 0 Å². The van der Waals surface area contributed by atoms with Gasteiger partial charge in [-0.05, 0) is 18.9 Å². The van der Waals surface area contributed by atoms with Crippen molar-refractivity contribution in [2.24, 2.45) is 0 Å². The van der Waals surface area contributed by atoms with Crippen LogP contribution in [0.25, 0.3) is 0 Å². The highest BCUT2D eigenvalue weighted by atomic mass is 16.5. The molecule has 0 spiro atoms. The largest absolute Gasteiger partial charge is 0.370 e. The van der Waals surface area contributed by atoms with E-state index in [2.05, 4.69) is 41.7 Å². The summed E-state index contributed by atoms with van der Waals surface area (Å²) in [6.07, 6.45) is 5.95. The Morgan fingerprint density at radius 3 is 2.00 bits per heavy atom. The summed E-state index contributed by atoms with van der Waals surface area (Å²) in [6, 6.07) is 0. The number of quaternary nitrogens is 2.